The Balaban J connectivity index is 2.65. The average molecular weight is 427 g/mol. The molecule has 5 nitrogen and oxygen atoms in total. The minimum absolute atomic E-state index is 0.0157. The minimum Gasteiger partial charge on any atom is -0.481 e. The number of aliphatic hydroxyl groups is 2. The molecule has 166 valence electrons. The number of aliphatic carboxylic acids is 1. The van der Waals surface area contributed by atoms with Gasteiger partial charge in [-0.25, -0.2) is 0 Å². The Kier molecular flexibility index (Phi) is 12.5. The molecule has 0 spiro atoms. The molecule has 0 saturated heterocycles. The van der Waals surface area contributed by atoms with E-state index in [4.69, 9.17) is 10.2 Å². The van der Waals surface area contributed by atoms with Gasteiger partial charge in [-0.3, -0.25) is 9.59 Å². The molecule has 1 aliphatic carbocycles. The molecule has 1 aliphatic rings. The van der Waals surface area contributed by atoms with Crippen molar-refractivity contribution in [3.8, 4) is 0 Å². The van der Waals surface area contributed by atoms with Gasteiger partial charge in [-0.1, -0.05) is 50.5 Å². The van der Waals surface area contributed by atoms with E-state index >= 15 is 0 Å². The lowest BCUT2D eigenvalue weighted by atomic mass is 9.88. The summed E-state index contributed by atoms with van der Waals surface area (Å²) in [5, 5.41) is 28.5. The van der Waals surface area contributed by atoms with E-state index in [0.29, 0.717) is 30.8 Å². The van der Waals surface area contributed by atoms with E-state index in [2.05, 4.69) is 6.08 Å². The van der Waals surface area contributed by atoms with E-state index in [9.17, 15) is 14.7 Å². The van der Waals surface area contributed by atoms with Crippen molar-refractivity contribution in [1.29, 1.82) is 0 Å². The van der Waals surface area contributed by atoms with Crippen LogP contribution in [0.5, 0.6) is 0 Å². The second-order valence-corrected chi connectivity index (χ2v) is 9.48. The summed E-state index contributed by atoms with van der Waals surface area (Å²) in [6.07, 6.45) is 14.3. The molecular weight excluding hydrogens is 388 g/mol. The number of carbonyl (C=O) groups excluding carboxylic acids is 1. The van der Waals surface area contributed by atoms with Crippen LogP contribution in [0.3, 0.4) is 0 Å². The molecule has 6 heteroatoms. The molecule has 0 heterocycles. The fraction of sp³-hybridized carbons (Fsp3) is 0.739. The Labute approximate surface area is 179 Å². The van der Waals surface area contributed by atoms with E-state index in [0.717, 1.165) is 32.1 Å². The molecule has 1 fully saturated rings. The van der Waals surface area contributed by atoms with Gasteiger partial charge in [0.1, 0.15) is 5.78 Å². The Bertz CT molecular complexity index is 555. The third kappa shape index (κ3) is 10.5. The first-order valence-electron chi connectivity index (χ1n) is 10.8. The number of unbranched alkanes of at least 4 members (excludes halogenated alkanes) is 3. The van der Waals surface area contributed by atoms with Gasteiger partial charge in [-0.15, -0.1) is 0 Å². The summed E-state index contributed by atoms with van der Waals surface area (Å²) in [5.41, 5.74) is -0.886. The van der Waals surface area contributed by atoms with E-state index in [-0.39, 0.29) is 30.1 Å². The maximum absolute atomic E-state index is 12.6. The molecule has 29 heavy (non-hydrogen) atoms. The number of hydrogen-bond acceptors (Lipinski definition) is 5. The number of hydrogen-bond donors (Lipinski definition) is 3. The van der Waals surface area contributed by atoms with Gasteiger partial charge in [0.15, 0.2) is 0 Å². The molecular formula is C23H38O5S. The first kappa shape index (κ1) is 25.9. The van der Waals surface area contributed by atoms with Crippen LogP contribution < -0.4 is 0 Å². The molecule has 0 amide bonds. The number of carbonyl (C=O) groups is 2. The van der Waals surface area contributed by atoms with Crippen molar-refractivity contribution < 1.29 is 24.9 Å². The Morgan fingerprint density at radius 3 is 2.62 bits per heavy atom. The quantitative estimate of drug-likeness (QED) is 0.266. The highest BCUT2D eigenvalue weighted by molar-refractivity contribution is 8.00. The molecule has 0 bridgehead atoms. The first-order valence-corrected chi connectivity index (χ1v) is 11.9. The number of ketones is 1. The van der Waals surface area contributed by atoms with Crippen LogP contribution in [0.1, 0.15) is 71.6 Å². The summed E-state index contributed by atoms with van der Waals surface area (Å²) in [6, 6.07) is 0. The Hall–Kier alpha value is -1.11. The SMILES string of the molecule is CCC=CC(C)(O)CC=C[C@H]1[C@H](SCCO)CC(=O)[C@@H]1CCCCCCC(=O)O. The fourth-order valence-electron chi connectivity index (χ4n) is 3.84. The number of carboxylic acid groups (broad SMARTS) is 1. The molecule has 0 aromatic heterocycles. The molecule has 0 radical (unpaired) electrons. The van der Waals surface area contributed by atoms with Crippen molar-refractivity contribution in [2.24, 2.45) is 11.8 Å². The van der Waals surface area contributed by atoms with Gasteiger partial charge in [0.25, 0.3) is 0 Å². The van der Waals surface area contributed by atoms with Gasteiger partial charge in [0.05, 0.1) is 12.2 Å². The van der Waals surface area contributed by atoms with Crippen molar-refractivity contribution in [2.45, 2.75) is 82.5 Å². The van der Waals surface area contributed by atoms with Crippen molar-refractivity contribution in [1.82, 2.24) is 0 Å². The van der Waals surface area contributed by atoms with E-state index in [1.54, 1.807) is 18.7 Å². The fourth-order valence-corrected chi connectivity index (χ4v) is 5.04. The summed E-state index contributed by atoms with van der Waals surface area (Å²) in [5.74, 6) is 0.274. The monoisotopic (exact) mass is 426 g/mol. The van der Waals surface area contributed by atoms with Crippen LogP contribution in [0, 0.1) is 11.8 Å². The van der Waals surface area contributed by atoms with Gasteiger partial charge in [-0.2, -0.15) is 11.8 Å². The highest BCUT2D eigenvalue weighted by Crippen LogP contribution is 2.41. The summed E-state index contributed by atoms with van der Waals surface area (Å²) in [6.45, 7) is 3.92. The number of rotatable bonds is 15. The number of aliphatic hydroxyl groups excluding tert-OH is 1. The van der Waals surface area contributed by atoms with Gasteiger partial charge in [0.2, 0.25) is 0 Å². The van der Waals surface area contributed by atoms with E-state index in [1.165, 1.54) is 0 Å². The normalized spacial score (nSPS) is 24.6. The number of allylic oxidation sites excluding steroid dienone is 2. The largest absolute Gasteiger partial charge is 0.481 e. The van der Waals surface area contributed by atoms with Crippen molar-refractivity contribution in [3.05, 3.63) is 24.3 Å². The van der Waals surface area contributed by atoms with E-state index < -0.39 is 11.6 Å². The van der Waals surface area contributed by atoms with Crippen molar-refractivity contribution >= 4 is 23.5 Å². The maximum Gasteiger partial charge on any atom is 0.303 e. The summed E-state index contributed by atoms with van der Waals surface area (Å²) in [4.78, 5) is 23.2. The van der Waals surface area contributed by atoms with Crippen LogP contribution in [0.25, 0.3) is 0 Å². The summed E-state index contributed by atoms with van der Waals surface area (Å²) >= 11 is 1.66. The van der Waals surface area contributed by atoms with Crippen LogP contribution in [0.15, 0.2) is 24.3 Å². The molecule has 1 rings (SSSR count). The lowest BCUT2D eigenvalue weighted by molar-refractivity contribution is -0.137. The Morgan fingerprint density at radius 1 is 1.24 bits per heavy atom. The molecule has 1 unspecified atom stereocenters. The molecule has 3 N–H and O–H groups in total. The lowest BCUT2D eigenvalue weighted by Gasteiger charge is -2.22. The first-order chi connectivity index (χ1) is 13.8. The smallest absolute Gasteiger partial charge is 0.303 e. The maximum atomic E-state index is 12.6. The van der Waals surface area contributed by atoms with Crippen LogP contribution in [0.4, 0.5) is 0 Å². The highest BCUT2D eigenvalue weighted by Gasteiger charge is 2.40. The average Bonchev–Trinajstić information content (AvgIpc) is 2.95. The third-order valence-corrected chi connectivity index (χ3v) is 6.72. The lowest BCUT2D eigenvalue weighted by Crippen LogP contribution is -2.21. The van der Waals surface area contributed by atoms with Crippen molar-refractivity contribution in [2.75, 3.05) is 12.4 Å². The summed E-state index contributed by atoms with van der Waals surface area (Å²) < 4.78 is 0. The van der Waals surface area contributed by atoms with Gasteiger partial charge >= 0.3 is 5.97 Å². The topological polar surface area (TPSA) is 94.8 Å². The number of thioether (sulfide) groups is 1. The molecule has 4 atom stereocenters. The zero-order chi connectivity index (χ0) is 21.7. The van der Waals surface area contributed by atoms with Crippen molar-refractivity contribution in [3.63, 3.8) is 0 Å². The zero-order valence-electron chi connectivity index (χ0n) is 17.9. The predicted molar refractivity (Wildman–Crippen MR) is 119 cm³/mol. The predicted octanol–water partition coefficient (Wildman–Crippen LogP) is 4.37. The van der Waals surface area contributed by atoms with Crippen LogP contribution in [-0.4, -0.2) is 50.3 Å². The second-order valence-electron chi connectivity index (χ2n) is 8.13. The van der Waals surface area contributed by atoms with Gasteiger partial charge in [-0.05, 0) is 38.5 Å². The van der Waals surface area contributed by atoms with Crippen LogP contribution in [-0.2, 0) is 9.59 Å². The molecule has 0 aromatic carbocycles. The second kappa shape index (κ2) is 14.0. The highest BCUT2D eigenvalue weighted by atomic mass is 32.2. The standard InChI is InChI=1S/C23H38O5S/c1-3-4-13-23(2,28)14-9-11-19-18(10-7-5-6-8-12-22(26)27)20(25)17-21(19)29-16-15-24/h4,9,11,13,18-19,21,24,28H,3,5-8,10,12,14-17H2,1-2H3,(H,26,27)/t18-,19-,21-,23?/m1/s1. The summed E-state index contributed by atoms with van der Waals surface area (Å²) in [7, 11) is 0. The molecule has 1 saturated carbocycles. The minimum atomic E-state index is -0.886. The third-order valence-electron chi connectivity index (χ3n) is 5.39. The zero-order valence-corrected chi connectivity index (χ0v) is 18.7. The number of carboxylic acids is 1. The van der Waals surface area contributed by atoms with Gasteiger partial charge < -0.3 is 15.3 Å². The molecule has 0 aromatic rings. The number of Topliss-reactive ketones (excluding diaryl/α,β-unsaturated/α-hetero) is 1. The molecule has 0 aliphatic heterocycles. The van der Waals surface area contributed by atoms with Crippen LogP contribution >= 0.6 is 11.8 Å². The van der Waals surface area contributed by atoms with Gasteiger partial charge in [0, 0.05) is 29.8 Å². The van der Waals surface area contributed by atoms with Crippen LogP contribution in [0.2, 0.25) is 0 Å². The Morgan fingerprint density at radius 2 is 1.97 bits per heavy atom. The van der Waals surface area contributed by atoms with E-state index in [1.807, 2.05) is 25.2 Å².